The molecule has 1 fully saturated rings. The van der Waals surface area contributed by atoms with Gasteiger partial charge in [0.2, 0.25) is 53.2 Å². The van der Waals surface area contributed by atoms with Gasteiger partial charge < -0.3 is 70.2 Å². The van der Waals surface area contributed by atoms with Crippen LogP contribution in [0, 0.1) is 5.92 Å². The number of nitrogens with one attached hydrogen (secondary N) is 6. The Morgan fingerprint density at radius 2 is 1.19 bits per heavy atom. The van der Waals surface area contributed by atoms with Crippen molar-refractivity contribution < 1.29 is 47.9 Å². The molecule has 0 unspecified atom stereocenters. The lowest BCUT2D eigenvalue weighted by Crippen LogP contribution is -2.61. The lowest BCUT2D eigenvalue weighted by Gasteiger charge is -2.31. The molecule has 1 saturated heterocycles. The molecule has 1 heterocycles. The van der Waals surface area contributed by atoms with E-state index in [-0.39, 0.29) is 64.1 Å². The van der Waals surface area contributed by atoms with Crippen molar-refractivity contribution in [1.29, 1.82) is 0 Å². The first kappa shape index (κ1) is 61.5. The Labute approximate surface area is 449 Å². The van der Waals surface area contributed by atoms with E-state index in [0.717, 1.165) is 5.56 Å². The second-order valence-electron chi connectivity index (χ2n) is 19.2. The quantitative estimate of drug-likeness (QED) is 0.0208. The Morgan fingerprint density at radius 1 is 0.636 bits per heavy atom. The molecule has 3 aromatic rings. The van der Waals surface area contributed by atoms with Gasteiger partial charge in [-0.15, -0.1) is 0 Å². The van der Waals surface area contributed by atoms with Crippen molar-refractivity contribution in [2.45, 2.75) is 134 Å². The number of benzene rings is 3. The summed E-state index contributed by atoms with van der Waals surface area (Å²) in [6.07, 6.45) is 1.31. The first-order valence-corrected chi connectivity index (χ1v) is 26.0. The standard InChI is InChI=1S/C54H77N13O10/c1-4-77-37-24-22-36(23-25-37)30-40(61-45(69)31-35-17-9-6-10-18-35)48(71)64-41(29-34-15-7-5-8-16-34)50(73)66-46(33(2)3)52(75)65-42(32-44(56)68)49(72)63-39(19-11-12-26-55)53(76)67-28-14-21-43(67)51(74)62-38(47(57)70)20-13-27-60-54(58)59/h5-10,15-18,22-25,33,38-43,46H,4,11-14,19-21,26-32,55H2,1-3H3,(H2,56,68)(H2,57,70)(H,61,69)(H,62,74)(H,63,72)(H,64,71)(H,65,75)(H,66,73)(H4,58,59,60)/t38-,39-,40+,41-,42-,43-,46-/m0/s1. The number of carbonyl (C=O) groups excluding carboxylic acids is 9. The van der Waals surface area contributed by atoms with Crippen LogP contribution in [0.2, 0.25) is 0 Å². The minimum absolute atomic E-state index is 0.0181. The summed E-state index contributed by atoms with van der Waals surface area (Å²) in [4.78, 5) is 129. The fraction of sp³-hybridized carbons (Fsp3) is 0.481. The number of carbonyl (C=O) groups is 9. The lowest BCUT2D eigenvalue weighted by molar-refractivity contribution is -0.142. The average Bonchev–Trinajstić information content (AvgIpc) is 3.89. The molecule has 1 aliphatic heterocycles. The fourth-order valence-electron chi connectivity index (χ4n) is 8.73. The molecule has 0 bridgehead atoms. The molecule has 3 aromatic carbocycles. The van der Waals surface area contributed by atoms with Crippen LogP contribution in [0.1, 0.15) is 88.8 Å². The Morgan fingerprint density at radius 3 is 1.78 bits per heavy atom. The Bertz CT molecular complexity index is 2480. The number of hydrogen-bond donors (Lipinski definition) is 11. The highest BCUT2D eigenvalue weighted by atomic mass is 16.5. The SMILES string of the molecule is CCOc1ccc(C[C@@H](NC(=O)Cc2ccccc2)C(=O)N[C@@H](Cc2ccccc2)C(=O)N[C@H](C(=O)N[C@@H](CC(N)=O)C(=O)N[C@@H](CCCCN)C(=O)N2CCC[C@H]2C(=O)N[C@@H](CCCN=C(N)N)C(N)=O)C(C)C)cc1. The maximum absolute atomic E-state index is 14.5. The largest absolute Gasteiger partial charge is 0.494 e. The van der Waals surface area contributed by atoms with Crippen LogP contribution in [0.25, 0.3) is 0 Å². The molecule has 9 amide bonds. The maximum atomic E-state index is 14.5. The van der Waals surface area contributed by atoms with Gasteiger partial charge in [-0.2, -0.15) is 0 Å². The second-order valence-corrected chi connectivity index (χ2v) is 19.2. The molecule has 23 nitrogen and oxygen atoms in total. The number of rotatable bonds is 32. The molecule has 0 aliphatic carbocycles. The number of aliphatic imine (C=N–C) groups is 1. The molecule has 418 valence electrons. The van der Waals surface area contributed by atoms with Crippen molar-refractivity contribution in [2.75, 3.05) is 26.2 Å². The normalized spacial score (nSPS) is 15.3. The third-order valence-corrected chi connectivity index (χ3v) is 12.7. The highest BCUT2D eigenvalue weighted by Gasteiger charge is 2.40. The van der Waals surface area contributed by atoms with Crippen LogP contribution >= 0.6 is 0 Å². The minimum Gasteiger partial charge on any atom is -0.494 e. The number of nitrogens with zero attached hydrogens (tertiary/aromatic N) is 2. The summed E-state index contributed by atoms with van der Waals surface area (Å²) < 4.78 is 5.58. The molecule has 0 aromatic heterocycles. The van der Waals surface area contributed by atoms with Crippen molar-refractivity contribution in [1.82, 2.24) is 36.8 Å². The van der Waals surface area contributed by atoms with Crippen molar-refractivity contribution in [3.05, 3.63) is 102 Å². The van der Waals surface area contributed by atoms with E-state index in [1.165, 1.54) is 4.90 Å². The first-order chi connectivity index (χ1) is 36.8. The van der Waals surface area contributed by atoms with Crippen molar-refractivity contribution in [3.63, 3.8) is 0 Å². The Balaban J connectivity index is 1.55. The van der Waals surface area contributed by atoms with E-state index in [0.29, 0.717) is 49.2 Å². The van der Waals surface area contributed by atoms with Gasteiger partial charge in [-0.3, -0.25) is 48.1 Å². The van der Waals surface area contributed by atoms with E-state index in [1.807, 2.05) is 13.0 Å². The van der Waals surface area contributed by atoms with E-state index in [1.54, 1.807) is 92.7 Å². The van der Waals surface area contributed by atoms with Gasteiger partial charge in [0.05, 0.1) is 19.4 Å². The van der Waals surface area contributed by atoms with Gasteiger partial charge in [0, 0.05) is 25.9 Å². The number of guanidine groups is 1. The van der Waals surface area contributed by atoms with Crippen molar-refractivity contribution in [3.8, 4) is 5.75 Å². The Hall–Kier alpha value is -8.08. The molecule has 4 rings (SSSR count). The minimum atomic E-state index is -1.64. The number of primary amides is 2. The third kappa shape index (κ3) is 20.9. The molecule has 1 aliphatic rings. The summed E-state index contributed by atoms with van der Waals surface area (Å²) in [5.74, 6) is -6.90. The molecule has 0 saturated carbocycles. The van der Waals surface area contributed by atoms with Crippen LogP contribution in [-0.2, 0) is 62.4 Å². The van der Waals surface area contributed by atoms with Gasteiger partial charge >= 0.3 is 0 Å². The molecule has 0 radical (unpaired) electrons. The predicted octanol–water partition coefficient (Wildman–Crippen LogP) is -0.788. The van der Waals surface area contributed by atoms with Crippen LogP contribution in [0.15, 0.2) is 89.9 Å². The molecule has 7 atom stereocenters. The number of amides is 9. The van der Waals surface area contributed by atoms with Crippen LogP contribution in [0.5, 0.6) is 5.75 Å². The van der Waals surface area contributed by atoms with E-state index in [4.69, 9.17) is 33.4 Å². The molecule has 16 N–H and O–H groups in total. The predicted molar refractivity (Wildman–Crippen MR) is 289 cm³/mol. The molecular weight excluding hydrogens is 991 g/mol. The summed E-state index contributed by atoms with van der Waals surface area (Å²) in [5.41, 5.74) is 29.8. The third-order valence-electron chi connectivity index (χ3n) is 12.7. The summed E-state index contributed by atoms with van der Waals surface area (Å²) in [5, 5.41) is 16.2. The summed E-state index contributed by atoms with van der Waals surface area (Å²) >= 11 is 0. The second kappa shape index (κ2) is 31.7. The first-order valence-electron chi connectivity index (χ1n) is 26.0. The van der Waals surface area contributed by atoms with E-state index < -0.39 is 108 Å². The highest BCUT2D eigenvalue weighted by molar-refractivity contribution is 5.99. The molecule has 77 heavy (non-hydrogen) atoms. The summed E-state index contributed by atoms with van der Waals surface area (Å²) in [6.45, 7) is 6.18. The average molecular weight is 1070 g/mol. The van der Waals surface area contributed by atoms with Gasteiger partial charge in [-0.25, -0.2) is 0 Å². The highest BCUT2D eigenvalue weighted by Crippen LogP contribution is 2.21. The van der Waals surface area contributed by atoms with Crippen molar-refractivity contribution >= 4 is 59.1 Å². The zero-order valence-electron chi connectivity index (χ0n) is 44.2. The number of nitrogens with two attached hydrogens (primary N) is 5. The molecular formula is C54H77N13O10. The maximum Gasteiger partial charge on any atom is 0.245 e. The lowest BCUT2D eigenvalue weighted by atomic mass is 9.99. The van der Waals surface area contributed by atoms with Gasteiger partial charge in [-0.1, -0.05) is 86.6 Å². The summed E-state index contributed by atoms with van der Waals surface area (Å²) in [6, 6.07) is 16.1. The van der Waals surface area contributed by atoms with E-state index in [9.17, 15) is 43.2 Å². The Kier molecular flexibility index (Phi) is 25.3. The van der Waals surface area contributed by atoms with Crippen LogP contribution in [0.3, 0.4) is 0 Å². The fourth-order valence-corrected chi connectivity index (χ4v) is 8.73. The van der Waals surface area contributed by atoms with Crippen LogP contribution in [0.4, 0.5) is 0 Å². The van der Waals surface area contributed by atoms with Gasteiger partial charge in [0.25, 0.3) is 0 Å². The van der Waals surface area contributed by atoms with Crippen LogP contribution < -0.4 is 65.3 Å². The number of unbranched alkanes of at least 4 members (excludes halogenated alkanes) is 1. The zero-order chi connectivity index (χ0) is 56.4. The zero-order valence-corrected chi connectivity index (χ0v) is 44.2. The molecule has 0 spiro atoms. The van der Waals surface area contributed by atoms with Gasteiger partial charge in [-0.05, 0) is 93.2 Å². The number of hydrogen-bond acceptors (Lipinski definition) is 12. The van der Waals surface area contributed by atoms with E-state index in [2.05, 4.69) is 36.9 Å². The van der Waals surface area contributed by atoms with E-state index >= 15 is 0 Å². The monoisotopic (exact) mass is 1070 g/mol. The molecule has 23 heteroatoms. The van der Waals surface area contributed by atoms with Gasteiger partial charge in [0.15, 0.2) is 5.96 Å². The summed E-state index contributed by atoms with van der Waals surface area (Å²) in [7, 11) is 0. The number of likely N-dealkylation sites (tertiary alicyclic amines) is 1. The van der Waals surface area contributed by atoms with Gasteiger partial charge in [0.1, 0.15) is 48.0 Å². The van der Waals surface area contributed by atoms with Crippen molar-refractivity contribution in [2.24, 2.45) is 39.6 Å². The van der Waals surface area contributed by atoms with Crippen LogP contribution in [-0.4, -0.2) is 133 Å². The number of ether oxygens (including phenoxy) is 1. The topological polar surface area (TPSA) is 381 Å². The smallest absolute Gasteiger partial charge is 0.245 e.